The van der Waals surface area contributed by atoms with Crippen molar-refractivity contribution in [3.8, 4) is 11.5 Å². The van der Waals surface area contributed by atoms with Gasteiger partial charge in [0.1, 0.15) is 0 Å². The van der Waals surface area contributed by atoms with Gasteiger partial charge in [-0.3, -0.25) is 4.79 Å². The van der Waals surface area contributed by atoms with Gasteiger partial charge >= 0.3 is 5.97 Å². The second-order valence-corrected chi connectivity index (χ2v) is 4.29. The van der Waals surface area contributed by atoms with Crippen LogP contribution in [0.1, 0.15) is 13.3 Å². The molecule has 0 bridgehead atoms. The second-order valence-electron chi connectivity index (χ2n) is 4.29. The summed E-state index contributed by atoms with van der Waals surface area (Å²) in [5.74, 6) is 1.78. The predicted octanol–water partition coefficient (Wildman–Crippen LogP) is 1.66. The van der Waals surface area contributed by atoms with Crippen LogP contribution in [0, 0.1) is 0 Å². The Kier molecular flexibility index (Phi) is 3.32. The van der Waals surface area contributed by atoms with Crippen LogP contribution in [0.5, 0.6) is 11.5 Å². The van der Waals surface area contributed by atoms with Crippen LogP contribution in [-0.2, 0) is 9.53 Å². The highest BCUT2D eigenvalue weighted by Crippen LogP contribution is 2.35. The van der Waals surface area contributed by atoms with Crippen molar-refractivity contribution in [3.05, 3.63) is 12.1 Å². The lowest BCUT2D eigenvalue weighted by atomic mass is 10.3. The number of esters is 1. The summed E-state index contributed by atoms with van der Waals surface area (Å²) >= 11 is 0. The Labute approximate surface area is 115 Å². The molecule has 0 spiro atoms. The highest BCUT2D eigenvalue weighted by Gasteiger charge is 2.16. The summed E-state index contributed by atoms with van der Waals surface area (Å²) in [6.07, 6.45) is 0.299. The van der Waals surface area contributed by atoms with Crippen molar-refractivity contribution in [2.45, 2.75) is 13.3 Å². The van der Waals surface area contributed by atoms with Gasteiger partial charge in [-0.05, 0) is 6.92 Å². The van der Waals surface area contributed by atoms with Gasteiger partial charge in [-0.1, -0.05) is 0 Å². The van der Waals surface area contributed by atoms with E-state index in [4.69, 9.17) is 14.2 Å². The van der Waals surface area contributed by atoms with Crippen LogP contribution in [0.15, 0.2) is 12.1 Å². The van der Waals surface area contributed by atoms with Crippen LogP contribution < -0.4 is 14.8 Å². The third-order valence-corrected chi connectivity index (χ3v) is 2.90. The Bertz CT molecular complexity index is 597. The molecule has 0 radical (unpaired) electrons. The maximum atomic E-state index is 11.2. The number of hydrogen-bond donors (Lipinski definition) is 2. The third-order valence-electron chi connectivity index (χ3n) is 2.90. The summed E-state index contributed by atoms with van der Waals surface area (Å²) in [6, 6.07) is 3.67. The number of imidazole rings is 1. The summed E-state index contributed by atoms with van der Waals surface area (Å²) in [7, 11) is 0. The molecule has 0 atom stereocenters. The van der Waals surface area contributed by atoms with E-state index in [1.54, 1.807) is 6.92 Å². The number of hydrogen-bond acceptors (Lipinski definition) is 6. The lowest BCUT2D eigenvalue weighted by Gasteiger charge is -2.02. The molecule has 0 unspecified atom stereocenters. The van der Waals surface area contributed by atoms with Crippen molar-refractivity contribution in [1.82, 2.24) is 9.97 Å². The summed E-state index contributed by atoms with van der Waals surface area (Å²) < 4.78 is 15.5. The van der Waals surface area contributed by atoms with E-state index in [9.17, 15) is 4.79 Å². The van der Waals surface area contributed by atoms with Gasteiger partial charge in [-0.2, -0.15) is 0 Å². The van der Waals surface area contributed by atoms with Crippen LogP contribution in [-0.4, -0.2) is 35.9 Å². The predicted molar refractivity (Wildman–Crippen MR) is 72.0 cm³/mol. The summed E-state index contributed by atoms with van der Waals surface area (Å²) in [4.78, 5) is 18.7. The molecule has 1 aromatic carbocycles. The van der Waals surface area contributed by atoms with Gasteiger partial charge in [-0.25, -0.2) is 4.98 Å². The second kappa shape index (κ2) is 5.28. The first-order chi connectivity index (χ1) is 9.76. The number of rotatable bonds is 5. The standard InChI is InChI=1S/C13H15N3O4/c1-2-18-12(17)3-4-14-13-15-8-5-10-11(20-7-19-10)6-9(8)16-13/h5-6H,2-4,7H2,1H3,(H2,14,15,16). The van der Waals surface area contributed by atoms with E-state index < -0.39 is 0 Å². The van der Waals surface area contributed by atoms with Gasteiger partial charge in [0.2, 0.25) is 12.7 Å². The quantitative estimate of drug-likeness (QED) is 0.808. The summed E-state index contributed by atoms with van der Waals surface area (Å²) in [5.41, 5.74) is 1.64. The van der Waals surface area contributed by atoms with Gasteiger partial charge in [-0.15, -0.1) is 0 Å². The molecule has 1 aliphatic rings. The van der Waals surface area contributed by atoms with Crippen molar-refractivity contribution in [1.29, 1.82) is 0 Å². The summed E-state index contributed by atoms with van der Waals surface area (Å²) in [5, 5.41) is 3.05. The average Bonchev–Trinajstić information content (AvgIpc) is 3.01. The monoisotopic (exact) mass is 277 g/mol. The fourth-order valence-corrected chi connectivity index (χ4v) is 2.00. The van der Waals surface area contributed by atoms with Crippen molar-refractivity contribution in [3.63, 3.8) is 0 Å². The molecular weight excluding hydrogens is 262 g/mol. The normalized spacial score (nSPS) is 12.7. The maximum absolute atomic E-state index is 11.2. The number of aromatic nitrogens is 2. The number of nitrogens with one attached hydrogen (secondary N) is 2. The van der Waals surface area contributed by atoms with E-state index in [-0.39, 0.29) is 12.8 Å². The highest BCUT2D eigenvalue weighted by molar-refractivity contribution is 5.82. The maximum Gasteiger partial charge on any atom is 0.307 e. The molecule has 7 heteroatoms. The van der Waals surface area contributed by atoms with Gasteiger partial charge < -0.3 is 24.5 Å². The van der Waals surface area contributed by atoms with Crippen LogP contribution in [0.2, 0.25) is 0 Å². The number of carbonyl (C=O) groups is 1. The molecule has 0 fully saturated rings. The lowest BCUT2D eigenvalue weighted by Crippen LogP contribution is -2.11. The van der Waals surface area contributed by atoms with Crippen molar-refractivity contribution >= 4 is 23.0 Å². The Morgan fingerprint density at radius 3 is 3.05 bits per heavy atom. The number of aromatic amines is 1. The van der Waals surface area contributed by atoms with E-state index in [1.165, 1.54) is 0 Å². The zero-order valence-electron chi connectivity index (χ0n) is 11.1. The number of carbonyl (C=O) groups excluding carboxylic acids is 1. The fourth-order valence-electron chi connectivity index (χ4n) is 2.00. The molecule has 0 saturated carbocycles. The first-order valence-corrected chi connectivity index (χ1v) is 6.45. The minimum atomic E-state index is -0.225. The number of benzene rings is 1. The van der Waals surface area contributed by atoms with Gasteiger partial charge in [0, 0.05) is 18.7 Å². The number of anilines is 1. The molecule has 2 heterocycles. The Morgan fingerprint density at radius 2 is 2.25 bits per heavy atom. The average molecular weight is 277 g/mol. The van der Waals surface area contributed by atoms with E-state index in [1.807, 2.05) is 12.1 Å². The van der Waals surface area contributed by atoms with Crippen molar-refractivity contribution < 1.29 is 19.0 Å². The van der Waals surface area contributed by atoms with E-state index >= 15 is 0 Å². The van der Waals surface area contributed by atoms with E-state index in [2.05, 4.69) is 15.3 Å². The molecule has 0 amide bonds. The zero-order chi connectivity index (χ0) is 13.9. The van der Waals surface area contributed by atoms with Crippen LogP contribution in [0.4, 0.5) is 5.95 Å². The molecule has 1 aromatic heterocycles. The van der Waals surface area contributed by atoms with Gasteiger partial charge in [0.05, 0.1) is 24.1 Å². The third kappa shape index (κ3) is 2.47. The van der Waals surface area contributed by atoms with E-state index in [0.717, 1.165) is 11.0 Å². The molecule has 0 saturated heterocycles. The Morgan fingerprint density at radius 1 is 1.45 bits per heavy atom. The molecule has 1 aliphatic heterocycles. The zero-order valence-corrected chi connectivity index (χ0v) is 11.1. The first kappa shape index (κ1) is 12.6. The molecule has 7 nitrogen and oxygen atoms in total. The van der Waals surface area contributed by atoms with Crippen LogP contribution >= 0.6 is 0 Å². The molecule has 106 valence electrons. The fraction of sp³-hybridized carbons (Fsp3) is 0.385. The van der Waals surface area contributed by atoms with Crippen molar-refractivity contribution in [2.24, 2.45) is 0 Å². The SMILES string of the molecule is CCOC(=O)CCNc1nc2cc3c(cc2[nH]1)OCO3. The Balaban J connectivity index is 1.66. The van der Waals surface area contributed by atoms with E-state index in [0.29, 0.717) is 37.0 Å². The number of H-pyrrole nitrogens is 1. The number of fused-ring (bicyclic) bond motifs is 2. The smallest absolute Gasteiger partial charge is 0.307 e. The first-order valence-electron chi connectivity index (χ1n) is 6.45. The molecule has 2 N–H and O–H groups in total. The minimum absolute atomic E-state index is 0.225. The lowest BCUT2D eigenvalue weighted by molar-refractivity contribution is -0.142. The summed E-state index contributed by atoms with van der Waals surface area (Å²) in [6.45, 7) is 2.89. The molecular formula is C13H15N3O4. The number of ether oxygens (including phenoxy) is 3. The topological polar surface area (TPSA) is 85.5 Å². The number of nitrogens with zero attached hydrogens (tertiary/aromatic N) is 1. The van der Waals surface area contributed by atoms with Gasteiger partial charge in [0.15, 0.2) is 11.5 Å². The largest absolute Gasteiger partial charge is 0.466 e. The van der Waals surface area contributed by atoms with Crippen LogP contribution in [0.3, 0.4) is 0 Å². The minimum Gasteiger partial charge on any atom is -0.466 e. The van der Waals surface area contributed by atoms with Gasteiger partial charge in [0.25, 0.3) is 0 Å². The van der Waals surface area contributed by atoms with Crippen LogP contribution in [0.25, 0.3) is 11.0 Å². The Hall–Kier alpha value is -2.44. The molecule has 3 rings (SSSR count). The molecule has 2 aromatic rings. The van der Waals surface area contributed by atoms with Crippen molar-refractivity contribution in [2.75, 3.05) is 25.3 Å². The molecule has 20 heavy (non-hydrogen) atoms. The highest BCUT2D eigenvalue weighted by atomic mass is 16.7. The molecule has 0 aliphatic carbocycles.